The van der Waals surface area contributed by atoms with Crippen LogP contribution in [-0.2, 0) is 0 Å². The summed E-state index contributed by atoms with van der Waals surface area (Å²) in [6, 6.07) is 8.16. The molecule has 2 rings (SSSR count). The van der Waals surface area contributed by atoms with Crippen molar-refractivity contribution in [1.82, 2.24) is 5.32 Å². The predicted molar refractivity (Wildman–Crippen MR) is 70.5 cm³/mol. The van der Waals surface area contributed by atoms with Gasteiger partial charge in [0, 0.05) is 5.56 Å². The van der Waals surface area contributed by atoms with Crippen LogP contribution in [0.15, 0.2) is 41.0 Å². The molecular weight excluding hydrogens is 252 g/mol. The minimum Gasteiger partial charge on any atom is -0.467 e. The average molecular weight is 265 g/mol. The number of carbonyl (C=O) groups is 1. The van der Waals surface area contributed by atoms with E-state index in [-0.39, 0.29) is 11.9 Å². The molecule has 4 nitrogen and oxygen atoms in total. The van der Waals surface area contributed by atoms with Crippen molar-refractivity contribution in [3.63, 3.8) is 0 Å². The van der Waals surface area contributed by atoms with Gasteiger partial charge in [0.15, 0.2) is 0 Å². The van der Waals surface area contributed by atoms with Crippen LogP contribution in [0.1, 0.15) is 29.1 Å². The molecule has 3 N–H and O–H groups in total. The van der Waals surface area contributed by atoms with E-state index < -0.39 is 0 Å². The van der Waals surface area contributed by atoms with Crippen LogP contribution in [-0.4, -0.2) is 5.91 Å². The van der Waals surface area contributed by atoms with Gasteiger partial charge in [-0.15, -0.1) is 0 Å². The first-order valence-electron chi connectivity index (χ1n) is 5.47. The highest BCUT2D eigenvalue weighted by atomic mass is 35.5. The van der Waals surface area contributed by atoms with Gasteiger partial charge in [-0.05, 0) is 37.3 Å². The summed E-state index contributed by atoms with van der Waals surface area (Å²) in [5.74, 6) is 0.479. The first kappa shape index (κ1) is 12.5. The molecule has 1 atom stereocenters. The van der Waals surface area contributed by atoms with E-state index in [0.717, 1.165) is 0 Å². The summed E-state index contributed by atoms with van der Waals surface area (Å²) in [4.78, 5) is 12.0. The lowest BCUT2D eigenvalue weighted by atomic mass is 10.1. The van der Waals surface area contributed by atoms with Crippen molar-refractivity contribution in [3.05, 3.63) is 52.9 Å². The molecule has 0 aliphatic heterocycles. The van der Waals surface area contributed by atoms with Crippen LogP contribution in [0, 0.1) is 0 Å². The van der Waals surface area contributed by atoms with E-state index in [2.05, 4.69) is 5.32 Å². The minimum atomic E-state index is -0.220. The smallest absolute Gasteiger partial charge is 0.251 e. The van der Waals surface area contributed by atoms with Gasteiger partial charge in [-0.3, -0.25) is 4.79 Å². The molecule has 0 unspecified atom stereocenters. The molecule has 1 amide bonds. The lowest BCUT2D eigenvalue weighted by Gasteiger charge is -2.11. The molecule has 1 heterocycles. The van der Waals surface area contributed by atoms with Crippen molar-refractivity contribution in [3.8, 4) is 0 Å². The normalized spacial score (nSPS) is 12.1. The van der Waals surface area contributed by atoms with Crippen LogP contribution < -0.4 is 11.1 Å². The highest BCUT2D eigenvalue weighted by molar-refractivity contribution is 6.33. The maximum atomic E-state index is 12.0. The number of nitrogens with two attached hydrogens (primary N) is 1. The second-order valence-electron chi connectivity index (χ2n) is 3.95. The molecule has 1 aromatic carbocycles. The number of carbonyl (C=O) groups excluding carboxylic acids is 1. The first-order chi connectivity index (χ1) is 8.58. The van der Waals surface area contributed by atoms with Gasteiger partial charge in [0.1, 0.15) is 5.76 Å². The Bertz CT molecular complexity index is 552. The molecule has 0 bridgehead atoms. The second-order valence-corrected chi connectivity index (χ2v) is 4.35. The largest absolute Gasteiger partial charge is 0.467 e. The SMILES string of the molecule is C[C@H](NC(=O)c1ccc(Cl)c(N)c1)c1ccco1. The molecule has 94 valence electrons. The van der Waals surface area contributed by atoms with Crippen LogP contribution >= 0.6 is 11.6 Å². The molecule has 0 aliphatic rings. The number of nitrogens with one attached hydrogen (secondary N) is 1. The molecule has 0 radical (unpaired) electrons. The average Bonchev–Trinajstić information content (AvgIpc) is 2.86. The zero-order valence-electron chi connectivity index (χ0n) is 9.81. The van der Waals surface area contributed by atoms with Crippen molar-refractivity contribution < 1.29 is 9.21 Å². The predicted octanol–water partition coefficient (Wildman–Crippen LogP) is 3.01. The van der Waals surface area contributed by atoms with Gasteiger partial charge in [0.2, 0.25) is 0 Å². The van der Waals surface area contributed by atoms with Crippen LogP contribution in [0.2, 0.25) is 5.02 Å². The Morgan fingerprint density at radius 1 is 1.44 bits per heavy atom. The van der Waals surface area contributed by atoms with Crippen molar-refractivity contribution >= 4 is 23.2 Å². The highest BCUT2D eigenvalue weighted by Gasteiger charge is 2.13. The summed E-state index contributed by atoms with van der Waals surface area (Å²) in [5, 5.41) is 3.25. The van der Waals surface area contributed by atoms with E-state index in [0.29, 0.717) is 22.0 Å². The summed E-state index contributed by atoms with van der Waals surface area (Å²) < 4.78 is 5.21. The maximum absolute atomic E-state index is 12.0. The van der Waals surface area contributed by atoms with Gasteiger partial charge in [0.25, 0.3) is 5.91 Å². The highest BCUT2D eigenvalue weighted by Crippen LogP contribution is 2.20. The van der Waals surface area contributed by atoms with Crippen LogP contribution in [0.25, 0.3) is 0 Å². The Hall–Kier alpha value is -1.94. The Labute approximate surface area is 110 Å². The van der Waals surface area contributed by atoms with E-state index in [1.165, 1.54) is 0 Å². The maximum Gasteiger partial charge on any atom is 0.251 e. The van der Waals surface area contributed by atoms with Gasteiger partial charge >= 0.3 is 0 Å². The summed E-state index contributed by atoms with van der Waals surface area (Å²) in [7, 11) is 0. The molecule has 0 saturated carbocycles. The summed E-state index contributed by atoms with van der Waals surface area (Å²) in [6.45, 7) is 1.84. The number of halogens is 1. The monoisotopic (exact) mass is 264 g/mol. The number of amides is 1. The zero-order valence-corrected chi connectivity index (χ0v) is 10.6. The van der Waals surface area contributed by atoms with E-state index in [1.54, 1.807) is 36.6 Å². The third-order valence-corrected chi connectivity index (χ3v) is 2.92. The van der Waals surface area contributed by atoms with Crippen molar-refractivity contribution in [2.75, 3.05) is 5.73 Å². The van der Waals surface area contributed by atoms with Crippen molar-refractivity contribution in [2.24, 2.45) is 0 Å². The fraction of sp³-hybridized carbons (Fsp3) is 0.154. The Balaban J connectivity index is 2.10. The number of hydrogen-bond donors (Lipinski definition) is 2. The van der Waals surface area contributed by atoms with E-state index in [4.69, 9.17) is 21.8 Å². The zero-order chi connectivity index (χ0) is 13.1. The Morgan fingerprint density at radius 2 is 2.22 bits per heavy atom. The molecule has 0 fully saturated rings. The lowest BCUT2D eigenvalue weighted by molar-refractivity contribution is 0.0935. The third kappa shape index (κ3) is 2.65. The van der Waals surface area contributed by atoms with Gasteiger partial charge in [0.05, 0.1) is 23.0 Å². The standard InChI is InChI=1S/C13H13ClN2O2/c1-8(12-3-2-6-18-12)16-13(17)9-4-5-10(14)11(15)7-9/h2-8H,15H2,1H3,(H,16,17)/t8-/m0/s1. The van der Waals surface area contributed by atoms with Crippen LogP contribution in [0.5, 0.6) is 0 Å². The fourth-order valence-electron chi connectivity index (χ4n) is 1.57. The fourth-order valence-corrected chi connectivity index (χ4v) is 1.69. The number of anilines is 1. The Kier molecular flexibility index (Phi) is 3.58. The van der Waals surface area contributed by atoms with Crippen LogP contribution in [0.4, 0.5) is 5.69 Å². The molecular formula is C13H13ClN2O2. The number of rotatable bonds is 3. The molecule has 0 spiro atoms. The van der Waals surface area contributed by atoms with E-state index >= 15 is 0 Å². The molecule has 2 aromatic rings. The van der Waals surface area contributed by atoms with E-state index in [9.17, 15) is 4.79 Å². The van der Waals surface area contributed by atoms with E-state index in [1.807, 2.05) is 6.92 Å². The second kappa shape index (κ2) is 5.14. The minimum absolute atomic E-state index is 0.204. The first-order valence-corrected chi connectivity index (χ1v) is 5.85. The lowest BCUT2D eigenvalue weighted by Crippen LogP contribution is -2.26. The quantitative estimate of drug-likeness (QED) is 0.838. The number of furan rings is 1. The van der Waals surface area contributed by atoms with Crippen molar-refractivity contribution in [1.29, 1.82) is 0 Å². The summed E-state index contributed by atoms with van der Waals surface area (Å²) in [5.41, 5.74) is 6.51. The van der Waals surface area contributed by atoms with Gasteiger partial charge in [-0.1, -0.05) is 11.6 Å². The molecule has 0 aliphatic carbocycles. The van der Waals surface area contributed by atoms with Crippen molar-refractivity contribution in [2.45, 2.75) is 13.0 Å². The number of hydrogen-bond acceptors (Lipinski definition) is 3. The number of benzene rings is 1. The van der Waals surface area contributed by atoms with Gasteiger partial charge in [-0.2, -0.15) is 0 Å². The van der Waals surface area contributed by atoms with Crippen LogP contribution in [0.3, 0.4) is 0 Å². The molecule has 1 aromatic heterocycles. The molecule has 0 saturated heterocycles. The topological polar surface area (TPSA) is 68.3 Å². The molecule has 5 heteroatoms. The van der Waals surface area contributed by atoms with Gasteiger partial charge < -0.3 is 15.5 Å². The summed E-state index contributed by atoms with van der Waals surface area (Å²) in [6.07, 6.45) is 1.57. The third-order valence-electron chi connectivity index (χ3n) is 2.58. The number of nitrogen functional groups attached to an aromatic ring is 1. The Morgan fingerprint density at radius 3 is 2.83 bits per heavy atom. The van der Waals surface area contributed by atoms with Gasteiger partial charge in [-0.25, -0.2) is 0 Å². The summed E-state index contributed by atoms with van der Waals surface area (Å²) >= 11 is 5.80. The molecule has 18 heavy (non-hydrogen) atoms.